The van der Waals surface area contributed by atoms with E-state index in [4.69, 9.17) is 16.7 Å². The summed E-state index contributed by atoms with van der Waals surface area (Å²) in [6, 6.07) is 9.78. The highest BCUT2D eigenvalue weighted by atomic mass is 35.5. The number of aromatic nitrogens is 2. The number of anilines is 5. The Bertz CT molecular complexity index is 1240. The lowest BCUT2D eigenvalue weighted by Gasteiger charge is -2.14. The van der Waals surface area contributed by atoms with Crippen molar-refractivity contribution in [3.8, 4) is 0 Å². The zero-order chi connectivity index (χ0) is 22.6. The summed E-state index contributed by atoms with van der Waals surface area (Å²) in [7, 11) is -3.52. The molecule has 0 bridgehead atoms. The van der Waals surface area contributed by atoms with Crippen molar-refractivity contribution >= 4 is 56.4 Å². The summed E-state index contributed by atoms with van der Waals surface area (Å²) in [5.41, 5.74) is 0.413. The minimum absolute atomic E-state index is 0.0556. The molecule has 0 atom stereocenters. The molecule has 31 heavy (non-hydrogen) atoms. The topological polar surface area (TPSA) is 133 Å². The second kappa shape index (κ2) is 9.14. The Morgan fingerprint density at radius 2 is 1.84 bits per heavy atom. The van der Waals surface area contributed by atoms with Crippen molar-refractivity contribution in [2.75, 3.05) is 21.1 Å². The summed E-state index contributed by atoms with van der Waals surface area (Å²) in [4.78, 5) is 19.3. The van der Waals surface area contributed by atoms with E-state index in [0.717, 1.165) is 18.2 Å². The highest BCUT2D eigenvalue weighted by Gasteiger charge is 2.14. The summed E-state index contributed by atoms with van der Waals surface area (Å²) in [6.07, 6.45) is 1.26. The number of carboxylic acids is 1. The zero-order valence-electron chi connectivity index (χ0n) is 16.1. The van der Waals surface area contributed by atoms with E-state index in [0.29, 0.717) is 5.69 Å². The normalized spacial score (nSPS) is 11.1. The number of rotatable bonds is 8. The minimum Gasteiger partial charge on any atom is -0.478 e. The van der Waals surface area contributed by atoms with Crippen molar-refractivity contribution in [2.24, 2.45) is 0 Å². The maximum absolute atomic E-state index is 14.1. The van der Waals surface area contributed by atoms with E-state index >= 15 is 0 Å². The maximum Gasteiger partial charge on any atom is 0.335 e. The summed E-state index contributed by atoms with van der Waals surface area (Å²) in [5, 5.41) is 14.7. The Hall–Kier alpha value is -3.44. The third kappa shape index (κ3) is 5.58. The number of hydrogen-bond donors (Lipinski definition) is 4. The monoisotopic (exact) mass is 465 g/mol. The van der Waals surface area contributed by atoms with Crippen LogP contribution in [0.1, 0.15) is 17.3 Å². The molecule has 162 valence electrons. The van der Waals surface area contributed by atoms with Gasteiger partial charge in [-0.1, -0.05) is 23.7 Å². The first kappa shape index (κ1) is 22.2. The smallest absolute Gasteiger partial charge is 0.335 e. The number of aromatic carboxylic acids is 1. The average Bonchev–Trinajstić information content (AvgIpc) is 2.73. The van der Waals surface area contributed by atoms with Crippen LogP contribution in [0.15, 0.2) is 48.7 Å². The molecule has 3 rings (SSSR count). The first-order chi connectivity index (χ1) is 14.7. The lowest BCUT2D eigenvalue weighted by Crippen LogP contribution is -2.15. The molecule has 0 amide bonds. The molecule has 9 nitrogen and oxygen atoms in total. The number of hydrogen-bond acceptors (Lipinski definition) is 7. The molecule has 0 fully saturated rings. The molecule has 0 saturated heterocycles. The maximum atomic E-state index is 14.1. The van der Waals surface area contributed by atoms with Crippen molar-refractivity contribution < 1.29 is 22.7 Å². The number of nitrogens with zero attached hydrogens (tertiary/aromatic N) is 2. The van der Waals surface area contributed by atoms with Gasteiger partial charge in [0.15, 0.2) is 5.82 Å². The molecule has 4 N–H and O–H groups in total. The fraction of sp³-hybridized carbons (Fsp3) is 0.105. The predicted molar refractivity (Wildman–Crippen MR) is 116 cm³/mol. The van der Waals surface area contributed by atoms with Gasteiger partial charge in [0.2, 0.25) is 16.0 Å². The summed E-state index contributed by atoms with van der Waals surface area (Å²) >= 11 is 6.15. The quantitative estimate of drug-likeness (QED) is 0.388. The van der Waals surface area contributed by atoms with E-state index in [1.54, 1.807) is 24.3 Å². The number of halogens is 2. The van der Waals surface area contributed by atoms with Crippen LogP contribution in [-0.4, -0.2) is 35.2 Å². The average molecular weight is 466 g/mol. The van der Waals surface area contributed by atoms with Crippen LogP contribution in [-0.2, 0) is 10.0 Å². The zero-order valence-corrected chi connectivity index (χ0v) is 17.6. The van der Waals surface area contributed by atoms with Crippen molar-refractivity contribution in [3.05, 3.63) is 65.1 Å². The largest absolute Gasteiger partial charge is 0.478 e. The number of para-hydroxylation sites is 2. The lowest BCUT2D eigenvalue weighted by molar-refractivity contribution is 0.0697. The Kier molecular flexibility index (Phi) is 6.56. The molecular weight excluding hydrogens is 449 g/mol. The van der Waals surface area contributed by atoms with Crippen LogP contribution < -0.4 is 15.4 Å². The number of carbonyl (C=O) groups is 1. The van der Waals surface area contributed by atoms with Crippen molar-refractivity contribution in [1.82, 2.24) is 9.97 Å². The van der Waals surface area contributed by atoms with Gasteiger partial charge in [-0.05, 0) is 37.3 Å². The van der Waals surface area contributed by atoms with Gasteiger partial charge >= 0.3 is 5.97 Å². The molecule has 0 aliphatic heterocycles. The summed E-state index contributed by atoms with van der Waals surface area (Å²) < 4.78 is 40.4. The van der Waals surface area contributed by atoms with Crippen LogP contribution in [0, 0.1) is 5.82 Å². The Morgan fingerprint density at radius 3 is 2.52 bits per heavy atom. The molecule has 0 spiro atoms. The summed E-state index contributed by atoms with van der Waals surface area (Å²) in [5.74, 6) is -1.95. The Morgan fingerprint density at radius 1 is 1.13 bits per heavy atom. The molecule has 3 aromatic rings. The fourth-order valence-electron chi connectivity index (χ4n) is 2.44. The highest BCUT2D eigenvalue weighted by molar-refractivity contribution is 7.92. The molecule has 0 saturated carbocycles. The second-order valence-corrected chi connectivity index (χ2v) is 8.61. The van der Waals surface area contributed by atoms with E-state index in [1.807, 2.05) is 0 Å². The molecule has 1 heterocycles. The van der Waals surface area contributed by atoms with E-state index in [2.05, 4.69) is 25.3 Å². The van der Waals surface area contributed by atoms with E-state index in [-0.39, 0.29) is 39.5 Å². The van der Waals surface area contributed by atoms with Crippen molar-refractivity contribution in [1.29, 1.82) is 0 Å². The number of benzene rings is 2. The number of sulfonamides is 1. The predicted octanol–water partition coefficient (Wildman–Crippen LogP) is 4.22. The van der Waals surface area contributed by atoms with Gasteiger partial charge in [-0.3, -0.25) is 4.72 Å². The SMILES string of the molecule is CCS(=O)(=O)Nc1ccccc1Nc1nc(Nc2cc(C(=O)O)ccc2F)ncc1Cl. The van der Waals surface area contributed by atoms with Gasteiger partial charge in [0.05, 0.1) is 34.6 Å². The molecule has 0 radical (unpaired) electrons. The molecule has 12 heteroatoms. The molecular formula is C19H17ClFN5O4S. The van der Waals surface area contributed by atoms with Gasteiger partial charge in [0.1, 0.15) is 10.8 Å². The van der Waals surface area contributed by atoms with Crippen LogP contribution in [0.2, 0.25) is 5.02 Å². The van der Waals surface area contributed by atoms with Crippen LogP contribution >= 0.6 is 11.6 Å². The van der Waals surface area contributed by atoms with Crippen LogP contribution in [0.5, 0.6) is 0 Å². The van der Waals surface area contributed by atoms with E-state index in [9.17, 15) is 17.6 Å². The van der Waals surface area contributed by atoms with Crippen molar-refractivity contribution in [3.63, 3.8) is 0 Å². The molecule has 2 aromatic carbocycles. The molecule has 1 aromatic heterocycles. The van der Waals surface area contributed by atoms with Gasteiger partial charge in [0.25, 0.3) is 0 Å². The Labute approximate surface area is 182 Å². The molecule has 0 unspecified atom stereocenters. The van der Waals surface area contributed by atoms with Gasteiger partial charge < -0.3 is 15.7 Å². The molecule has 0 aliphatic carbocycles. The van der Waals surface area contributed by atoms with Crippen LogP contribution in [0.3, 0.4) is 0 Å². The van der Waals surface area contributed by atoms with Gasteiger partial charge in [-0.25, -0.2) is 22.6 Å². The first-order valence-corrected chi connectivity index (χ1v) is 10.9. The van der Waals surface area contributed by atoms with Crippen LogP contribution in [0.4, 0.5) is 33.2 Å². The van der Waals surface area contributed by atoms with Crippen molar-refractivity contribution in [2.45, 2.75) is 6.92 Å². The summed E-state index contributed by atoms with van der Waals surface area (Å²) in [6.45, 7) is 1.51. The third-order valence-corrected chi connectivity index (χ3v) is 5.60. The standard InChI is InChI=1S/C19H17ClFN5O4S/c1-2-31(29,30)26-15-6-4-3-5-14(15)23-17-12(20)10-22-19(25-17)24-16-9-11(18(27)28)7-8-13(16)21/h3-10,26H,2H2,1H3,(H,27,28)(H2,22,23,24,25). The van der Waals surface area contributed by atoms with Gasteiger partial charge in [0, 0.05) is 0 Å². The van der Waals surface area contributed by atoms with Crippen LogP contribution in [0.25, 0.3) is 0 Å². The third-order valence-electron chi connectivity index (χ3n) is 4.03. The number of carboxylic acid groups (broad SMARTS) is 1. The first-order valence-electron chi connectivity index (χ1n) is 8.87. The minimum atomic E-state index is -3.52. The number of nitrogens with one attached hydrogen (secondary N) is 3. The lowest BCUT2D eigenvalue weighted by atomic mass is 10.2. The fourth-order valence-corrected chi connectivity index (χ4v) is 3.23. The van der Waals surface area contributed by atoms with Gasteiger partial charge in [-0.2, -0.15) is 4.98 Å². The molecule has 0 aliphatic rings. The Balaban J connectivity index is 1.90. The van der Waals surface area contributed by atoms with E-state index in [1.165, 1.54) is 13.1 Å². The van der Waals surface area contributed by atoms with E-state index < -0.39 is 21.8 Å². The second-order valence-electron chi connectivity index (χ2n) is 6.19. The van der Waals surface area contributed by atoms with Gasteiger partial charge in [-0.15, -0.1) is 0 Å². The highest BCUT2D eigenvalue weighted by Crippen LogP contribution is 2.30.